The fraction of sp³-hybridized carbons (Fsp3) is 0.611. The zero-order chi connectivity index (χ0) is 40.6. The number of nitrogens with one attached hydrogen (secondary N) is 1. The van der Waals surface area contributed by atoms with E-state index in [9.17, 15) is 39.6 Å². The predicted molar refractivity (Wildman–Crippen MR) is 191 cm³/mol. The number of amides is 3. The number of fused-ring (bicyclic) bond motifs is 5. The van der Waals surface area contributed by atoms with Gasteiger partial charge in [0.1, 0.15) is 53.0 Å². The van der Waals surface area contributed by atoms with E-state index in [0.29, 0.717) is 5.56 Å². The number of methoxy groups -OCH3 is 2. The molecule has 304 valence electrons. The lowest BCUT2D eigenvalue weighted by atomic mass is 9.83. The summed E-state index contributed by atoms with van der Waals surface area (Å²) in [5, 5.41) is 46.9. The number of aliphatic hydroxyl groups is 4. The number of alkyl carbamates (subject to hydrolysis) is 1. The molecule has 7 N–H and O–H groups in total. The number of aliphatic hydroxyl groups excluding tert-OH is 3. The molecule has 4 aliphatic heterocycles. The Morgan fingerprint density at radius 3 is 2.49 bits per heavy atom. The Labute approximate surface area is 322 Å². The largest absolute Gasteiger partial charge is 0.495 e. The van der Waals surface area contributed by atoms with Crippen LogP contribution in [0.4, 0.5) is 15.3 Å². The molecule has 4 bridgehead atoms. The molecule has 0 saturated carbocycles. The minimum Gasteiger partial charge on any atom is -0.495 e. The van der Waals surface area contributed by atoms with E-state index in [1.165, 1.54) is 20.3 Å². The monoisotopic (exact) mass is 797 g/mol. The lowest BCUT2D eigenvalue weighted by molar-refractivity contribution is -0.227. The second kappa shape index (κ2) is 16.6. The number of allylic oxidation sites excluding steroid dienone is 3. The van der Waals surface area contributed by atoms with Crippen molar-refractivity contribution < 1.29 is 72.8 Å². The summed E-state index contributed by atoms with van der Waals surface area (Å²) >= 11 is 6.88. The van der Waals surface area contributed by atoms with Crippen LogP contribution in [0.5, 0.6) is 5.75 Å². The Morgan fingerprint density at radius 1 is 1.16 bits per heavy atom. The van der Waals surface area contributed by atoms with Crippen LogP contribution in [0.2, 0.25) is 5.02 Å². The smallest absolute Gasteiger partial charge is 0.409 e. The molecule has 3 saturated heterocycles. The first-order chi connectivity index (χ1) is 25.9. The number of ether oxygens (including phenoxy) is 7. The van der Waals surface area contributed by atoms with Crippen molar-refractivity contribution in [3.8, 4) is 5.75 Å². The van der Waals surface area contributed by atoms with Gasteiger partial charge in [0.2, 0.25) is 5.91 Å². The van der Waals surface area contributed by atoms with Gasteiger partial charge in [-0.1, -0.05) is 42.3 Å². The number of carbonyl (C=O) groups is 4. The number of rotatable bonds is 6. The number of epoxide rings is 1. The van der Waals surface area contributed by atoms with Crippen LogP contribution < -0.4 is 20.7 Å². The third kappa shape index (κ3) is 8.71. The highest BCUT2D eigenvalue weighted by molar-refractivity contribution is 6.35. The molecule has 4 heterocycles. The van der Waals surface area contributed by atoms with E-state index in [1.807, 2.05) is 6.92 Å². The van der Waals surface area contributed by atoms with Crippen LogP contribution >= 0.6 is 11.6 Å². The Morgan fingerprint density at radius 2 is 1.87 bits per heavy atom. The lowest BCUT2D eigenvalue weighted by Gasteiger charge is -2.45. The van der Waals surface area contributed by atoms with Crippen molar-refractivity contribution in [2.75, 3.05) is 25.7 Å². The maximum Gasteiger partial charge on any atom is 0.409 e. The number of primary amides is 1. The van der Waals surface area contributed by atoms with Gasteiger partial charge in [-0.3, -0.25) is 19.8 Å². The van der Waals surface area contributed by atoms with Crippen molar-refractivity contribution in [1.29, 1.82) is 0 Å². The molecule has 0 aromatic heterocycles. The first-order valence-corrected chi connectivity index (χ1v) is 17.9. The second-order valence-corrected chi connectivity index (χ2v) is 14.7. The number of nitrogens with zero attached hydrogens (tertiary/aromatic N) is 1. The number of hydrogen-bond acceptors (Lipinski definition) is 15. The molecule has 1 unspecified atom stereocenters. The van der Waals surface area contributed by atoms with Gasteiger partial charge in [0, 0.05) is 26.4 Å². The number of halogens is 1. The van der Waals surface area contributed by atoms with Gasteiger partial charge in [-0.2, -0.15) is 0 Å². The van der Waals surface area contributed by atoms with E-state index in [4.69, 9.17) is 50.5 Å². The number of esters is 1. The van der Waals surface area contributed by atoms with Gasteiger partial charge in [0.15, 0.2) is 18.1 Å². The highest BCUT2D eigenvalue weighted by Crippen LogP contribution is 2.49. The van der Waals surface area contributed by atoms with E-state index >= 15 is 0 Å². The lowest BCUT2D eigenvalue weighted by Crippen LogP contribution is -2.65. The molecule has 3 amide bonds. The van der Waals surface area contributed by atoms with Crippen molar-refractivity contribution in [3.63, 3.8) is 0 Å². The summed E-state index contributed by atoms with van der Waals surface area (Å²) in [5.41, 5.74) is 3.20. The molecule has 4 aliphatic rings. The molecule has 1 aromatic carbocycles. The number of carbonyl (C=O) groups excluding carboxylic acids is 4. The number of hydrogen-bond donors (Lipinski definition) is 6. The van der Waals surface area contributed by atoms with E-state index in [0.717, 1.165) is 17.4 Å². The van der Waals surface area contributed by atoms with Crippen LogP contribution in [0.3, 0.4) is 0 Å². The molecule has 0 aliphatic carbocycles. The molecule has 18 nitrogen and oxygen atoms in total. The molecule has 3 fully saturated rings. The SMILES string of the molecule is COc1cc2cc(c1Cl)N([C@@H]1O[C@H](CO)[C@@H](OC(N)=O)[C@H](O)[C@H]1O)C(=O)CC(OC(C)=O)[C@]1(C)O[C@H]1[C@H](C)[C@@H]1C[C@@](O)(NC(=O)O1)[C@H](OC)/C=C\C=C(\C)C2. The average molecular weight is 798 g/mol. The van der Waals surface area contributed by atoms with Crippen LogP contribution in [0, 0.1) is 5.92 Å². The molecular weight excluding hydrogens is 750 g/mol. The van der Waals surface area contributed by atoms with E-state index in [-0.39, 0.29) is 29.3 Å². The summed E-state index contributed by atoms with van der Waals surface area (Å²) in [4.78, 5) is 52.7. The van der Waals surface area contributed by atoms with E-state index < -0.39 is 109 Å². The summed E-state index contributed by atoms with van der Waals surface area (Å²) in [6.07, 6.45) is -10.5. The topological polar surface area (TPSA) is 258 Å². The summed E-state index contributed by atoms with van der Waals surface area (Å²) in [6.45, 7) is 5.44. The molecule has 19 heteroatoms. The normalized spacial score (nSPS) is 38.3. The van der Waals surface area contributed by atoms with Gasteiger partial charge in [0.05, 0.1) is 31.9 Å². The molecule has 12 atom stereocenters. The standard InChI is InChI=1S/C36H48ClN3O15/c1-16-8-7-9-24(50-6)36(48)14-22(53-34(47)39-36)17(2)31-35(4,55-31)25(51-18(3)42)13-26(43)40(20-11-19(10-16)12-21(49-5)27(20)37)32-29(45)28(44)30(54-33(38)46)23(15-41)52-32/h7-9,11-12,17,22-25,28-32,41,44-45,48H,10,13-15H2,1-6H3,(H2,38,46)(H,39,47)/b9-7-,16-8-/t17-,22+,23-,24-,25?,28-,29-,30-,31+,32-,35+,36+/m1/s1. The first-order valence-electron chi connectivity index (χ1n) is 17.6. The number of nitrogens with two attached hydrogens (primary N) is 1. The molecule has 1 aromatic rings. The molecular formula is C36H48ClN3O15. The molecule has 0 radical (unpaired) electrons. The minimum atomic E-state index is -1.98. The third-order valence-corrected chi connectivity index (χ3v) is 10.8. The Balaban J connectivity index is 1.67. The Kier molecular flexibility index (Phi) is 12.7. The first kappa shape index (κ1) is 42.1. The van der Waals surface area contributed by atoms with Crippen LogP contribution in [-0.2, 0) is 44.4 Å². The average Bonchev–Trinajstić information content (AvgIpc) is 3.81. The maximum atomic E-state index is 14.8. The summed E-state index contributed by atoms with van der Waals surface area (Å²) in [5.74, 6) is -2.12. The number of anilines is 1. The summed E-state index contributed by atoms with van der Waals surface area (Å²) < 4.78 is 39.5. The predicted octanol–water partition coefficient (Wildman–Crippen LogP) is 0.961. The van der Waals surface area contributed by atoms with Crippen molar-refractivity contribution in [1.82, 2.24) is 5.32 Å². The van der Waals surface area contributed by atoms with Crippen molar-refractivity contribution in [3.05, 3.63) is 46.5 Å². The van der Waals surface area contributed by atoms with Gasteiger partial charge >= 0.3 is 18.2 Å². The number of benzene rings is 1. The minimum absolute atomic E-state index is 0.0497. The maximum absolute atomic E-state index is 14.8. The fourth-order valence-corrected chi connectivity index (χ4v) is 7.81. The van der Waals surface area contributed by atoms with Crippen LogP contribution in [0.25, 0.3) is 0 Å². The zero-order valence-corrected chi connectivity index (χ0v) is 31.9. The molecule has 55 heavy (non-hydrogen) atoms. The zero-order valence-electron chi connectivity index (χ0n) is 31.2. The van der Waals surface area contributed by atoms with Crippen molar-refractivity contribution in [2.45, 2.75) is 113 Å². The van der Waals surface area contributed by atoms with Gasteiger partial charge in [-0.15, -0.1) is 0 Å². The highest BCUT2D eigenvalue weighted by Gasteiger charge is 2.64. The van der Waals surface area contributed by atoms with Crippen LogP contribution in [0.15, 0.2) is 35.9 Å². The highest BCUT2D eigenvalue weighted by atomic mass is 35.5. The van der Waals surface area contributed by atoms with Crippen molar-refractivity contribution >= 4 is 41.4 Å². The van der Waals surface area contributed by atoms with Crippen LogP contribution in [-0.4, -0.2) is 132 Å². The van der Waals surface area contributed by atoms with E-state index in [1.54, 1.807) is 38.1 Å². The van der Waals surface area contributed by atoms with Gasteiger partial charge in [-0.05, 0) is 38.0 Å². The summed E-state index contributed by atoms with van der Waals surface area (Å²) in [7, 11) is 2.74. The summed E-state index contributed by atoms with van der Waals surface area (Å²) in [6, 6.07) is 3.17. The van der Waals surface area contributed by atoms with Gasteiger partial charge in [-0.25, -0.2) is 9.59 Å². The second-order valence-electron chi connectivity index (χ2n) is 14.3. The quantitative estimate of drug-likeness (QED) is 0.133. The van der Waals surface area contributed by atoms with Crippen LogP contribution in [0.1, 0.15) is 46.1 Å². The van der Waals surface area contributed by atoms with Gasteiger partial charge in [0.25, 0.3) is 0 Å². The molecule has 0 spiro atoms. The molecule has 5 rings (SSSR count). The van der Waals surface area contributed by atoms with E-state index in [2.05, 4.69) is 5.32 Å². The Bertz CT molecular complexity index is 1710. The third-order valence-electron chi connectivity index (χ3n) is 10.4. The Hall–Kier alpha value is -4.01. The van der Waals surface area contributed by atoms with Gasteiger partial charge < -0.3 is 59.3 Å². The fourth-order valence-electron chi connectivity index (χ4n) is 7.54. The van der Waals surface area contributed by atoms with Crippen molar-refractivity contribution in [2.24, 2.45) is 11.7 Å².